The van der Waals surface area contributed by atoms with Crippen molar-refractivity contribution < 1.29 is 4.74 Å². The lowest BCUT2D eigenvalue weighted by atomic mass is 10.00. The molecule has 1 atom stereocenters. The molecule has 0 amide bonds. The Morgan fingerprint density at radius 2 is 2.05 bits per heavy atom. The van der Waals surface area contributed by atoms with Crippen LogP contribution in [0.4, 0.5) is 5.69 Å². The van der Waals surface area contributed by atoms with E-state index >= 15 is 0 Å². The van der Waals surface area contributed by atoms with Crippen molar-refractivity contribution in [3.8, 4) is 5.75 Å². The van der Waals surface area contributed by atoms with Gasteiger partial charge in [-0.2, -0.15) is 0 Å². The van der Waals surface area contributed by atoms with Crippen molar-refractivity contribution in [2.45, 2.75) is 27.2 Å². The third-order valence-electron chi connectivity index (χ3n) is 4.30. The van der Waals surface area contributed by atoms with Gasteiger partial charge in [0.1, 0.15) is 5.75 Å². The fourth-order valence-electron chi connectivity index (χ4n) is 3.18. The van der Waals surface area contributed by atoms with E-state index in [-0.39, 0.29) is 0 Å². The van der Waals surface area contributed by atoms with Crippen LogP contribution in [0.15, 0.2) is 6.07 Å². The second-order valence-corrected chi connectivity index (χ2v) is 5.73. The van der Waals surface area contributed by atoms with Crippen molar-refractivity contribution >= 4 is 5.69 Å². The lowest BCUT2D eigenvalue weighted by Gasteiger charge is -2.28. The minimum Gasteiger partial charge on any atom is -0.496 e. The van der Waals surface area contributed by atoms with E-state index in [2.05, 4.69) is 44.1 Å². The highest BCUT2D eigenvalue weighted by atomic mass is 16.5. The minimum atomic E-state index is 0.770. The molecular weight excluding hydrogens is 236 g/mol. The molecule has 0 saturated carbocycles. The first-order chi connectivity index (χ1) is 9.04. The summed E-state index contributed by atoms with van der Waals surface area (Å²) in [5.74, 6) is 1.76. The second kappa shape index (κ2) is 5.83. The molecule has 3 heteroatoms. The second-order valence-electron chi connectivity index (χ2n) is 5.73. The van der Waals surface area contributed by atoms with Gasteiger partial charge in [0, 0.05) is 19.3 Å². The van der Waals surface area contributed by atoms with Crippen molar-refractivity contribution in [1.82, 2.24) is 5.32 Å². The van der Waals surface area contributed by atoms with Crippen molar-refractivity contribution in [3.05, 3.63) is 22.8 Å². The Balaban J connectivity index is 2.25. The third-order valence-corrected chi connectivity index (χ3v) is 4.30. The summed E-state index contributed by atoms with van der Waals surface area (Å²) in [6, 6.07) is 2.15. The lowest BCUT2D eigenvalue weighted by molar-refractivity contribution is 0.411. The van der Waals surface area contributed by atoms with E-state index in [1.165, 1.54) is 28.8 Å². The van der Waals surface area contributed by atoms with Crippen LogP contribution in [-0.2, 0) is 0 Å². The molecule has 1 heterocycles. The molecule has 1 unspecified atom stereocenters. The molecule has 1 N–H and O–H groups in total. The van der Waals surface area contributed by atoms with E-state index in [0.717, 1.165) is 31.3 Å². The van der Waals surface area contributed by atoms with Gasteiger partial charge in [-0.25, -0.2) is 0 Å². The highest BCUT2D eigenvalue weighted by molar-refractivity contribution is 5.64. The molecule has 1 fully saturated rings. The van der Waals surface area contributed by atoms with Gasteiger partial charge in [-0.3, -0.25) is 0 Å². The van der Waals surface area contributed by atoms with Gasteiger partial charge in [0.15, 0.2) is 0 Å². The van der Waals surface area contributed by atoms with Gasteiger partial charge in [0.05, 0.1) is 7.11 Å². The highest BCUT2D eigenvalue weighted by Crippen LogP contribution is 2.33. The average molecular weight is 262 g/mol. The number of nitrogens with one attached hydrogen (secondary N) is 1. The van der Waals surface area contributed by atoms with Crippen LogP contribution in [0.2, 0.25) is 0 Å². The summed E-state index contributed by atoms with van der Waals surface area (Å²) in [7, 11) is 3.95. The number of hydrogen-bond donors (Lipinski definition) is 1. The Kier molecular flexibility index (Phi) is 4.35. The Morgan fingerprint density at radius 1 is 1.32 bits per heavy atom. The summed E-state index contributed by atoms with van der Waals surface area (Å²) in [5, 5.41) is 3.44. The van der Waals surface area contributed by atoms with Crippen LogP contribution < -0.4 is 15.0 Å². The third kappa shape index (κ3) is 2.86. The van der Waals surface area contributed by atoms with E-state index in [4.69, 9.17) is 4.74 Å². The normalized spacial score (nSPS) is 18.7. The first-order valence-electron chi connectivity index (χ1n) is 7.11. The van der Waals surface area contributed by atoms with Gasteiger partial charge < -0.3 is 15.0 Å². The van der Waals surface area contributed by atoms with Crippen LogP contribution in [0.3, 0.4) is 0 Å². The summed E-state index contributed by atoms with van der Waals surface area (Å²) in [5.41, 5.74) is 5.25. The fraction of sp³-hybridized carbons (Fsp3) is 0.625. The largest absolute Gasteiger partial charge is 0.496 e. The maximum absolute atomic E-state index is 5.45. The molecule has 0 bridgehead atoms. The molecule has 1 aliphatic rings. The molecule has 1 saturated heterocycles. The molecule has 0 aromatic heterocycles. The number of benzene rings is 1. The molecule has 0 spiro atoms. The molecule has 3 nitrogen and oxygen atoms in total. The van der Waals surface area contributed by atoms with Gasteiger partial charge in [0.2, 0.25) is 0 Å². The zero-order chi connectivity index (χ0) is 14.0. The zero-order valence-corrected chi connectivity index (χ0v) is 12.8. The summed E-state index contributed by atoms with van der Waals surface area (Å²) in [6.07, 6.45) is 1.29. The summed E-state index contributed by atoms with van der Waals surface area (Å²) < 4.78 is 5.45. The van der Waals surface area contributed by atoms with Crippen molar-refractivity contribution in [1.29, 1.82) is 0 Å². The number of ether oxygens (including phenoxy) is 1. The Hall–Kier alpha value is -1.22. The van der Waals surface area contributed by atoms with E-state index in [9.17, 15) is 0 Å². The van der Waals surface area contributed by atoms with Crippen LogP contribution in [0.5, 0.6) is 5.75 Å². The van der Waals surface area contributed by atoms with Crippen LogP contribution in [0.25, 0.3) is 0 Å². The number of rotatable bonds is 4. The number of methoxy groups -OCH3 is 1. The van der Waals surface area contributed by atoms with Gasteiger partial charge in [-0.15, -0.1) is 0 Å². The maximum atomic E-state index is 5.45. The summed E-state index contributed by atoms with van der Waals surface area (Å²) >= 11 is 0. The Bertz CT molecular complexity index is 451. The van der Waals surface area contributed by atoms with Crippen molar-refractivity contribution in [3.63, 3.8) is 0 Å². The monoisotopic (exact) mass is 262 g/mol. The van der Waals surface area contributed by atoms with Crippen molar-refractivity contribution in [2.24, 2.45) is 5.92 Å². The topological polar surface area (TPSA) is 24.5 Å². The molecule has 1 aromatic carbocycles. The van der Waals surface area contributed by atoms with Gasteiger partial charge in [0.25, 0.3) is 0 Å². The van der Waals surface area contributed by atoms with Crippen molar-refractivity contribution in [2.75, 3.05) is 38.7 Å². The van der Waals surface area contributed by atoms with Gasteiger partial charge in [-0.05, 0) is 69.0 Å². The average Bonchev–Trinajstić information content (AvgIpc) is 2.86. The van der Waals surface area contributed by atoms with Gasteiger partial charge >= 0.3 is 0 Å². The summed E-state index contributed by atoms with van der Waals surface area (Å²) in [4.78, 5) is 2.41. The van der Waals surface area contributed by atoms with E-state index in [1.54, 1.807) is 7.11 Å². The van der Waals surface area contributed by atoms with E-state index < -0.39 is 0 Å². The maximum Gasteiger partial charge on any atom is 0.122 e. The smallest absolute Gasteiger partial charge is 0.122 e. The van der Waals surface area contributed by atoms with Crippen LogP contribution in [0.1, 0.15) is 23.1 Å². The zero-order valence-electron chi connectivity index (χ0n) is 12.8. The van der Waals surface area contributed by atoms with E-state index in [1.807, 2.05) is 0 Å². The predicted molar refractivity (Wildman–Crippen MR) is 81.5 cm³/mol. The van der Waals surface area contributed by atoms with E-state index in [0.29, 0.717) is 0 Å². The molecule has 19 heavy (non-hydrogen) atoms. The predicted octanol–water partition coefficient (Wildman–Crippen LogP) is 2.67. The summed E-state index contributed by atoms with van der Waals surface area (Å²) in [6.45, 7) is 9.95. The molecule has 0 radical (unpaired) electrons. The molecular formula is C16H26N2O. The van der Waals surface area contributed by atoms with Crippen LogP contribution >= 0.6 is 0 Å². The number of nitrogens with zero attached hydrogens (tertiary/aromatic N) is 1. The number of aryl methyl sites for hydroxylation is 1. The molecule has 2 rings (SSSR count). The fourth-order valence-corrected chi connectivity index (χ4v) is 3.18. The molecule has 1 aromatic rings. The molecule has 0 aliphatic carbocycles. The molecule has 1 aliphatic heterocycles. The number of anilines is 1. The van der Waals surface area contributed by atoms with Crippen LogP contribution in [0, 0.1) is 26.7 Å². The van der Waals surface area contributed by atoms with Gasteiger partial charge in [-0.1, -0.05) is 0 Å². The first kappa shape index (κ1) is 14.2. The highest BCUT2D eigenvalue weighted by Gasteiger charge is 2.19. The lowest BCUT2D eigenvalue weighted by Crippen LogP contribution is -2.28. The van der Waals surface area contributed by atoms with Crippen LogP contribution in [-0.4, -0.2) is 33.8 Å². The quantitative estimate of drug-likeness (QED) is 0.903. The Morgan fingerprint density at radius 3 is 2.63 bits per heavy atom. The minimum absolute atomic E-state index is 0.770. The Labute approximate surface area is 116 Å². The first-order valence-corrected chi connectivity index (χ1v) is 7.11. The standard InChI is InChI=1S/C16H26N2O/c1-11-8-15(19-5)12(2)13(3)16(11)18(4)10-14-6-7-17-9-14/h8,14,17H,6-7,9-10H2,1-5H3. The SMILES string of the molecule is COc1cc(C)c(N(C)CC2CCNC2)c(C)c1C. The molecule has 106 valence electrons. The number of hydrogen-bond acceptors (Lipinski definition) is 3.